The van der Waals surface area contributed by atoms with Crippen molar-refractivity contribution in [2.45, 2.75) is 0 Å². The van der Waals surface area contributed by atoms with Gasteiger partial charge in [-0.1, -0.05) is 22.0 Å². The Morgan fingerprint density at radius 1 is 1.21 bits per heavy atom. The number of urea groups is 1. The fourth-order valence-corrected chi connectivity index (χ4v) is 1.93. The molecule has 2 aromatic rings. The molecule has 0 atom stereocenters. The lowest BCUT2D eigenvalue weighted by atomic mass is 10.3. The molecule has 0 aliphatic heterocycles. The summed E-state index contributed by atoms with van der Waals surface area (Å²) in [4.78, 5) is 13.5. The number of anilines is 2. The van der Waals surface area contributed by atoms with E-state index in [1.807, 2.05) is 24.3 Å². The van der Waals surface area contributed by atoms with Gasteiger partial charge in [0.25, 0.3) is 0 Å². The van der Waals surface area contributed by atoms with Gasteiger partial charge in [0.2, 0.25) is 0 Å². The molecule has 0 saturated heterocycles. The number of halogens is 2. The van der Waals surface area contributed by atoms with E-state index in [0.717, 1.165) is 10.2 Å². The number of rotatable bonds is 2. The maximum absolute atomic E-state index is 12.8. The van der Waals surface area contributed by atoms with Crippen LogP contribution in [0.4, 0.5) is 20.6 Å². The van der Waals surface area contributed by atoms with Gasteiger partial charge in [0.15, 0.2) is 0 Å². The van der Waals surface area contributed by atoms with Gasteiger partial charge >= 0.3 is 6.03 Å². The smallest absolute Gasteiger partial charge is 0.308 e. The van der Waals surface area contributed by atoms with Crippen molar-refractivity contribution in [2.24, 2.45) is 0 Å². The van der Waals surface area contributed by atoms with Crippen LogP contribution in [-0.4, -0.2) is 13.1 Å². The van der Waals surface area contributed by atoms with E-state index in [0.29, 0.717) is 5.69 Å². The average Bonchev–Trinajstić information content (AvgIpc) is 2.40. The highest BCUT2D eigenvalue weighted by Crippen LogP contribution is 2.19. The predicted octanol–water partition coefficient (Wildman–Crippen LogP) is 4.26. The van der Waals surface area contributed by atoms with Gasteiger partial charge in [-0.3, -0.25) is 4.90 Å². The van der Waals surface area contributed by atoms with Gasteiger partial charge in [-0.25, -0.2) is 9.18 Å². The van der Waals surface area contributed by atoms with Crippen molar-refractivity contribution in [1.29, 1.82) is 0 Å². The van der Waals surface area contributed by atoms with E-state index in [9.17, 15) is 9.18 Å². The summed E-state index contributed by atoms with van der Waals surface area (Å²) in [6.07, 6.45) is 0. The third-order valence-electron chi connectivity index (χ3n) is 2.60. The molecule has 2 rings (SSSR count). The molecule has 98 valence electrons. The molecule has 0 bridgehead atoms. The fourth-order valence-electron chi connectivity index (χ4n) is 1.54. The molecule has 2 aromatic carbocycles. The van der Waals surface area contributed by atoms with Gasteiger partial charge in [-0.15, -0.1) is 0 Å². The number of hydrogen-bond donors (Lipinski definition) is 1. The van der Waals surface area contributed by atoms with E-state index in [2.05, 4.69) is 21.2 Å². The maximum Gasteiger partial charge on any atom is 0.326 e. The highest BCUT2D eigenvalue weighted by atomic mass is 79.9. The maximum atomic E-state index is 12.8. The number of nitrogens with zero attached hydrogens (tertiary/aromatic N) is 1. The highest BCUT2D eigenvalue weighted by Gasteiger charge is 2.11. The molecule has 0 fully saturated rings. The topological polar surface area (TPSA) is 32.3 Å². The van der Waals surface area contributed by atoms with Crippen molar-refractivity contribution in [2.75, 3.05) is 17.3 Å². The van der Waals surface area contributed by atoms with Crippen LogP contribution in [-0.2, 0) is 0 Å². The van der Waals surface area contributed by atoms with E-state index >= 15 is 0 Å². The lowest BCUT2D eigenvalue weighted by Crippen LogP contribution is -2.31. The van der Waals surface area contributed by atoms with Crippen molar-refractivity contribution in [3.05, 3.63) is 58.8 Å². The highest BCUT2D eigenvalue weighted by molar-refractivity contribution is 9.10. The number of hydrogen-bond acceptors (Lipinski definition) is 1. The van der Waals surface area contributed by atoms with E-state index in [4.69, 9.17) is 0 Å². The predicted molar refractivity (Wildman–Crippen MR) is 78.0 cm³/mol. The van der Waals surface area contributed by atoms with Crippen LogP contribution in [0, 0.1) is 5.82 Å². The summed E-state index contributed by atoms with van der Waals surface area (Å²) < 4.78 is 13.7. The molecule has 0 spiro atoms. The average molecular weight is 323 g/mol. The van der Waals surface area contributed by atoms with Gasteiger partial charge in [-0.05, 0) is 42.5 Å². The SMILES string of the molecule is CN(C(=O)Nc1ccc(F)cc1)c1cccc(Br)c1. The van der Waals surface area contributed by atoms with Crippen LogP contribution in [0.25, 0.3) is 0 Å². The van der Waals surface area contributed by atoms with Crippen molar-refractivity contribution < 1.29 is 9.18 Å². The third kappa shape index (κ3) is 3.54. The second kappa shape index (κ2) is 5.84. The van der Waals surface area contributed by atoms with E-state index in [1.54, 1.807) is 7.05 Å². The monoisotopic (exact) mass is 322 g/mol. The van der Waals surface area contributed by atoms with Crippen LogP contribution in [0.1, 0.15) is 0 Å². The normalized spacial score (nSPS) is 10.1. The second-order valence-electron chi connectivity index (χ2n) is 3.98. The first kappa shape index (κ1) is 13.5. The molecule has 5 heteroatoms. The lowest BCUT2D eigenvalue weighted by molar-refractivity contribution is 0.258. The molecular weight excluding hydrogens is 311 g/mol. The van der Waals surface area contributed by atoms with Crippen LogP contribution in [0.15, 0.2) is 53.0 Å². The van der Waals surface area contributed by atoms with Crippen LogP contribution in [0.2, 0.25) is 0 Å². The molecule has 0 unspecified atom stereocenters. The van der Waals surface area contributed by atoms with E-state index in [-0.39, 0.29) is 11.8 Å². The summed E-state index contributed by atoms with van der Waals surface area (Å²) >= 11 is 3.35. The molecule has 3 nitrogen and oxygen atoms in total. The summed E-state index contributed by atoms with van der Waals surface area (Å²) in [6, 6.07) is 12.7. The summed E-state index contributed by atoms with van der Waals surface area (Å²) in [5, 5.41) is 2.69. The first-order valence-corrected chi connectivity index (χ1v) is 6.41. The summed E-state index contributed by atoms with van der Waals surface area (Å²) in [5.41, 5.74) is 1.31. The summed E-state index contributed by atoms with van der Waals surface area (Å²) in [6.45, 7) is 0. The van der Waals surface area contributed by atoms with E-state index < -0.39 is 0 Å². The Balaban J connectivity index is 2.09. The molecule has 0 aliphatic carbocycles. The van der Waals surface area contributed by atoms with Crippen molar-refractivity contribution in [1.82, 2.24) is 0 Å². The molecule has 1 N–H and O–H groups in total. The van der Waals surface area contributed by atoms with Crippen molar-refractivity contribution in [3.63, 3.8) is 0 Å². The first-order valence-electron chi connectivity index (χ1n) is 5.62. The minimum absolute atomic E-state index is 0.287. The standard InChI is InChI=1S/C14H12BrFN2O/c1-18(13-4-2-3-10(15)9-13)14(19)17-12-7-5-11(16)6-8-12/h2-9H,1H3,(H,17,19). The van der Waals surface area contributed by atoms with Crippen LogP contribution in [0.3, 0.4) is 0 Å². The van der Waals surface area contributed by atoms with E-state index in [1.165, 1.54) is 29.2 Å². The largest absolute Gasteiger partial charge is 0.326 e. The Morgan fingerprint density at radius 2 is 1.89 bits per heavy atom. The van der Waals surface area contributed by atoms with Gasteiger partial charge in [-0.2, -0.15) is 0 Å². The zero-order valence-electron chi connectivity index (χ0n) is 10.2. The molecular formula is C14H12BrFN2O. The number of carbonyl (C=O) groups excluding carboxylic acids is 1. The van der Waals surface area contributed by atoms with Crippen LogP contribution in [0.5, 0.6) is 0 Å². The molecule has 19 heavy (non-hydrogen) atoms. The molecule has 0 radical (unpaired) electrons. The van der Waals surface area contributed by atoms with Gasteiger partial charge < -0.3 is 5.32 Å². The fraction of sp³-hybridized carbons (Fsp3) is 0.0714. The Morgan fingerprint density at radius 3 is 2.53 bits per heavy atom. The Labute approximate surface area is 119 Å². The Hall–Kier alpha value is -1.88. The zero-order valence-corrected chi connectivity index (χ0v) is 11.8. The zero-order chi connectivity index (χ0) is 13.8. The number of amides is 2. The lowest BCUT2D eigenvalue weighted by Gasteiger charge is -2.18. The van der Waals surface area contributed by atoms with Gasteiger partial charge in [0.1, 0.15) is 5.82 Å². The van der Waals surface area contributed by atoms with Crippen LogP contribution < -0.4 is 10.2 Å². The second-order valence-corrected chi connectivity index (χ2v) is 4.89. The summed E-state index contributed by atoms with van der Waals surface area (Å²) in [7, 11) is 1.67. The Bertz CT molecular complexity index is 586. The minimum Gasteiger partial charge on any atom is -0.308 e. The molecule has 0 heterocycles. The molecule has 0 aromatic heterocycles. The third-order valence-corrected chi connectivity index (χ3v) is 3.09. The molecule has 0 aliphatic rings. The first-order chi connectivity index (χ1) is 9.06. The summed E-state index contributed by atoms with van der Waals surface area (Å²) in [5.74, 6) is -0.335. The van der Waals surface area contributed by atoms with Gasteiger partial charge in [0, 0.05) is 22.9 Å². The van der Waals surface area contributed by atoms with Crippen LogP contribution >= 0.6 is 15.9 Å². The van der Waals surface area contributed by atoms with Crippen molar-refractivity contribution in [3.8, 4) is 0 Å². The van der Waals surface area contributed by atoms with Crippen molar-refractivity contribution >= 4 is 33.3 Å². The minimum atomic E-state index is -0.335. The quantitative estimate of drug-likeness (QED) is 0.880. The number of benzene rings is 2. The molecule has 0 saturated carbocycles. The number of carbonyl (C=O) groups is 1. The molecule has 2 amide bonds. The van der Waals surface area contributed by atoms with Gasteiger partial charge in [0.05, 0.1) is 0 Å². The Kier molecular flexibility index (Phi) is 4.16. The number of nitrogens with one attached hydrogen (secondary N) is 1.